The number of rotatable bonds is 6. The van der Waals surface area contributed by atoms with Crippen molar-refractivity contribution in [3.63, 3.8) is 0 Å². The molecule has 1 heterocycles. The molecule has 0 radical (unpaired) electrons. The van der Waals surface area contributed by atoms with E-state index in [4.69, 9.17) is 0 Å². The van der Waals surface area contributed by atoms with E-state index in [-0.39, 0.29) is 6.04 Å². The van der Waals surface area contributed by atoms with Gasteiger partial charge in [0.1, 0.15) is 5.75 Å². The van der Waals surface area contributed by atoms with Gasteiger partial charge in [-0.1, -0.05) is 0 Å². The van der Waals surface area contributed by atoms with Gasteiger partial charge in [-0.25, -0.2) is 8.42 Å². The normalized spacial score (nSPS) is 15.5. The lowest BCUT2D eigenvalue weighted by Gasteiger charge is -2.28. The molecule has 23 heavy (non-hydrogen) atoms. The molecule has 1 fully saturated rings. The van der Waals surface area contributed by atoms with Crippen molar-refractivity contribution < 1.29 is 13.2 Å². The van der Waals surface area contributed by atoms with Crippen molar-refractivity contribution in [1.29, 1.82) is 0 Å². The Balaban J connectivity index is 1.95. The van der Waals surface area contributed by atoms with Gasteiger partial charge in [0.05, 0.1) is 0 Å². The first-order valence-corrected chi connectivity index (χ1v) is 9.66. The minimum atomic E-state index is -3.69. The summed E-state index contributed by atoms with van der Waals surface area (Å²) in [6.07, 6.45) is 3.66. The molecular weight excluding hydrogens is 314 g/mol. The van der Waals surface area contributed by atoms with Gasteiger partial charge in [-0.3, -0.25) is 9.52 Å². The van der Waals surface area contributed by atoms with Crippen LogP contribution in [0.4, 0.5) is 11.4 Å². The molecule has 0 saturated carbocycles. The van der Waals surface area contributed by atoms with Crippen molar-refractivity contribution in [2.75, 3.05) is 28.5 Å². The Morgan fingerprint density at radius 3 is 2.30 bits per heavy atom. The topological polar surface area (TPSA) is 78.5 Å². The van der Waals surface area contributed by atoms with Gasteiger partial charge in [-0.15, -0.1) is 0 Å². The molecule has 1 aromatic rings. The van der Waals surface area contributed by atoms with Gasteiger partial charge in [0, 0.05) is 30.5 Å². The van der Waals surface area contributed by atoms with Crippen molar-refractivity contribution in [3.8, 4) is 0 Å². The standard InChI is InChI=1S/C16H25N3O3S/c1-13(2)17-16(20)12-23(21,22)18-14-6-8-15(9-7-14)19-10-4-3-5-11-19/h6-9,13,18H,3-5,10-12H2,1-2H3,(H,17,20). The van der Waals surface area contributed by atoms with Crippen LogP contribution in [0.3, 0.4) is 0 Å². The Labute approximate surface area is 138 Å². The number of anilines is 2. The predicted octanol–water partition coefficient (Wildman–Crippen LogP) is 1.94. The first-order valence-electron chi connectivity index (χ1n) is 8.00. The highest BCUT2D eigenvalue weighted by molar-refractivity contribution is 7.93. The van der Waals surface area contributed by atoms with E-state index in [1.165, 1.54) is 19.3 Å². The number of carbonyl (C=O) groups excluding carboxylic acids is 1. The predicted molar refractivity (Wildman–Crippen MR) is 93.2 cm³/mol. The lowest BCUT2D eigenvalue weighted by Crippen LogP contribution is -2.36. The van der Waals surface area contributed by atoms with E-state index in [1.54, 1.807) is 26.0 Å². The first kappa shape index (κ1) is 17.6. The molecule has 0 aromatic heterocycles. The van der Waals surface area contributed by atoms with Gasteiger partial charge in [0.25, 0.3) is 0 Å². The van der Waals surface area contributed by atoms with E-state index in [9.17, 15) is 13.2 Å². The minimum Gasteiger partial charge on any atom is -0.372 e. The summed E-state index contributed by atoms with van der Waals surface area (Å²) < 4.78 is 26.4. The molecule has 0 unspecified atom stereocenters. The van der Waals surface area contributed by atoms with Crippen molar-refractivity contribution in [2.45, 2.75) is 39.2 Å². The maximum absolute atomic E-state index is 12.0. The van der Waals surface area contributed by atoms with E-state index in [0.29, 0.717) is 5.69 Å². The Hall–Kier alpha value is -1.76. The summed E-state index contributed by atoms with van der Waals surface area (Å²) in [6.45, 7) is 5.66. The summed E-state index contributed by atoms with van der Waals surface area (Å²) in [5.41, 5.74) is 1.58. The van der Waals surface area contributed by atoms with E-state index in [2.05, 4.69) is 14.9 Å². The monoisotopic (exact) mass is 339 g/mol. The zero-order valence-electron chi connectivity index (χ0n) is 13.7. The number of nitrogens with one attached hydrogen (secondary N) is 2. The Kier molecular flexibility index (Phi) is 5.87. The Bertz CT molecular complexity index is 620. The number of carbonyl (C=O) groups is 1. The van der Waals surface area contributed by atoms with Crippen molar-refractivity contribution in [3.05, 3.63) is 24.3 Å². The van der Waals surface area contributed by atoms with Crippen LogP contribution in [0.25, 0.3) is 0 Å². The molecule has 6 nitrogen and oxygen atoms in total. The third kappa shape index (κ3) is 5.74. The van der Waals surface area contributed by atoms with E-state index < -0.39 is 21.7 Å². The summed E-state index contributed by atoms with van der Waals surface area (Å²) in [5.74, 6) is -1.07. The van der Waals surface area contributed by atoms with Crippen molar-refractivity contribution >= 4 is 27.3 Å². The second-order valence-corrected chi connectivity index (χ2v) is 7.90. The van der Waals surface area contributed by atoms with Crippen LogP contribution in [-0.4, -0.2) is 39.2 Å². The largest absolute Gasteiger partial charge is 0.372 e. The van der Waals surface area contributed by atoms with Crippen LogP contribution in [0.1, 0.15) is 33.1 Å². The fraction of sp³-hybridized carbons (Fsp3) is 0.562. The zero-order chi connectivity index (χ0) is 16.9. The van der Waals surface area contributed by atoms with Crippen LogP contribution in [-0.2, 0) is 14.8 Å². The number of piperidine rings is 1. The maximum Gasteiger partial charge on any atom is 0.241 e. The van der Waals surface area contributed by atoms with Crippen LogP contribution < -0.4 is 14.9 Å². The van der Waals surface area contributed by atoms with Gasteiger partial charge in [0.2, 0.25) is 15.9 Å². The molecule has 0 spiro atoms. The summed E-state index contributed by atoms with van der Waals surface area (Å²) >= 11 is 0. The summed E-state index contributed by atoms with van der Waals surface area (Å²) in [4.78, 5) is 13.9. The highest BCUT2D eigenvalue weighted by Crippen LogP contribution is 2.22. The van der Waals surface area contributed by atoms with E-state index in [1.807, 2.05) is 12.1 Å². The summed E-state index contributed by atoms with van der Waals surface area (Å²) in [5, 5.41) is 2.57. The molecule has 7 heteroatoms. The third-order valence-corrected chi connectivity index (χ3v) is 4.82. The average Bonchev–Trinajstić information content (AvgIpc) is 2.47. The number of hydrogen-bond donors (Lipinski definition) is 2. The molecule has 1 amide bonds. The second kappa shape index (κ2) is 7.68. The highest BCUT2D eigenvalue weighted by atomic mass is 32.2. The van der Waals surface area contributed by atoms with Crippen LogP contribution in [0.15, 0.2) is 24.3 Å². The number of sulfonamides is 1. The summed E-state index contributed by atoms with van der Waals surface area (Å²) in [7, 11) is -3.69. The maximum atomic E-state index is 12.0. The molecule has 0 atom stereocenters. The van der Waals surface area contributed by atoms with E-state index in [0.717, 1.165) is 18.8 Å². The van der Waals surface area contributed by atoms with Crippen LogP contribution >= 0.6 is 0 Å². The summed E-state index contributed by atoms with van der Waals surface area (Å²) in [6, 6.07) is 7.22. The highest BCUT2D eigenvalue weighted by Gasteiger charge is 2.17. The number of hydrogen-bond acceptors (Lipinski definition) is 4. The number of benzene rings is 1. The van der Waals surface area contributed by atoms with Crippen LogP contribution in [0, 0.1) is 0 Å². The quantitative estimate of drug-likeness (QED) is 0.830. The van der Waals surface area contributed by atoms with Crippen molar-refractivity contribution in [2.24, 2.45) is 0 Å². The molecular formula is C16H25N3O3S. The first-order chi connectivity index (χ1) is 10.9. The fourth-order valence-electron chi connectivity index (χ4n) is 2.64. The second-order valence-electron chi connectivity index (χ2n) is 6.18. The number of amides is 1. The number of nitrogens with zero attached hydrogens (tertiary/aromatic N) is 1. The molecule has 2 rings (SSSR count). The molecule has 1 aliphatic rings. The van der Waals surface area contributed by atoms with Gasteiger partial charge in [-0.05, 0) is 57.4 Å². The molecule has 0 bridgehead atoms. The lowest BCUT2D eigenvalue weighted by molar-refractivity contribution is -0.119. The molecule has 1 aliphatic heterocycles. The fourth-order valence-corrected chi connectivity index (χ4v) is 3.64. The SMILES string of the molecule is CC(C)NC(=O)CS(=O)(=O)Nc1ccc(N2CCCCC2)cc1. The lowest BCUT2D eigenvalue weighted by atomic mass is 10.1. The Morgan fingerprint density at radius 2 is 1.74 bits per heavy atom. The van der Waals surface area contributed by atoms with Gasteiger partial charge >= 0.3 is 0 Å². The molecule has 1 aromatic carbocycles. The zero-order valence-corrected chi connectivity index (χ0v) is 14.5. The minimum absolute atomic E-state index is 0.0819. The van der Waals surface area contributed by atoms with Gasteiger partial charge in [0.15, 0.2) is 0 Å². The molecule has 128 valence electrons. The van der Waals surface area contributed by atoms with Crippen LogP contribution in [0.2, 0.25) is 0 Å². The molecule has 0 aliphatic carbocycles. The Morgan fingerprint density at radius 1 is 1.13 bits per heavy atom. The average molecular weight is 339 g/mol. The smallest absolute Gasteiger partial charge is 0.241 e. The van der Waals surface area contributed by atoms with Gasteiger partial charge in [-0.2, -0.15) is 0 Å². The van der Waals surface area contributed by atoms with Gasteiger partial charge < -0.3 is 10.2 Å². The molecule has 2 N–H and O–H groups in total. The van der Waals surface area contributed by atoms with Crippen molar-refractivity contribution in [1.82, 2.24) is 5.32 Å². The third-order valence-electron chi connectivity index (χ3n) is 3.63. The molecule has 1 saturated heterocycles. The van der Waals surface area contributed by atoms with E-state index >= 15 is 0 Å². The van der Waals surface area contributed by atoms with Crippen LogP contribution in [0.5, 0.6) is 0 Å².